The van der Waals surface area contributed by atoms with Crippen molar-refractivity contribution in [3.8, 4) is 0 Å². The van der Waals surface area contributed by atoms with Gasteiger partial charge in [0, 0.05) is 42.1 Å². The minimum Gasteiger partial charge on any atom is -0.464 e. The molecule has 1 amide bonds. The molecule has 31 heavy (non-hydrogen) atoms. The van der Waals surface area contributed by atoms with E-state index in [1.54, 1.807) is 24.9 Å². The first kappa shape index (κ1) is 25.3. The van der Waals surface area contributed by atoms with Crippen LogP contribution in [-0.4, -0.2) is 39.8 Å². The molecule has 1 heterocycles. The summed E-state index contributed by atoms with van der Waals surface area (Å²) in [6, 6.07) is 7.06. The summed E-state index contributed by atoms with van der Waals surface area (Å²) in [6.07, 6.45) is 5.00. The summed E-state index contributed by atoms with van der Waals surface area (Å²) in [5.41, 5.74) is 1.95. The van der Waals surface area contributed by atoms with Gasteiger partial charge in [0.1, 0.15) is 6.04 Å². The van der Waals surface area contributed by atoms with E-state index in [1.165, 1.54) is 0 Å². The minimum absolute atomic E-state index is 0.150. The highest BCUT2D eigenvalue weighted by molar-refractivity contribution is 7.99. The van der Waals surface area contributed by atoms with Gasteiger partial charge < -0.3 is 14.6 Å². The van der Waals surface area contributed by atoms with Crippen molar-refractivity contribution in [1.82, 2.24) is 14.9 Å². The highest BCUT2D eigenvalue weighted by atomic mass is 35.5. The molecule has 6 nitrogen and oxygen atoms in total. The summed E-state index contributed by atoms with van der Waals surface area (Å²) in [5.74, 6) is 0.383. The molecule has 0 bridgehead atoms. The Labute approximate surface area is 194 Å². The van der Waals surface area contributed by atoms with Crippen molar-refractivity contribution >= 4 is 35.2 Å². The number of imidazole rings is 1. The van der Waals surface area contributed by atoms with E-state index in [2.05, 4.69) is 21.8 Å². The predicted molar refractivity (Wildman–Crippen MR) is 126 cm³/mol. The molecule has 0 aliphatic rings. The Morgan fingerprint density at radius 1 is 1.23 bits per heavy atom. The van der Waals surface area contributed by atoms with Crippen LogP contribution in [0.4, 0.5) is 0 Å². The van der Waals surface area contributed by atoms with Gasteiger partial charge in [-0.1, -0.05) is 55.4 Å². The van der Waals surface area contributed by atoms with Crippen LogP contribution < -0.4 is 5.32 Å². The summed E-state index contributed by atoms with van der Waals surface area (Å²) >= 11 is 8.03. The molecule has 170 valence electrons. The second-order valence-corrected chi connectivity index (χ2v) is 8.67. The number of nitrogens with one attached hydrogen (secondary N) is 1. The van der Waals surface area contributed by atoms with Gasteiger partial charge in [-0.25, -0.2) is 9.78 Å². The third-order valence-corrected chi connectivity index (χ3v) is 6.26. The monoisotopic (exact) mass is 465 g/mol. The number of hydrogen-bond donors (Lipinski definition) is 1. The van der Waals surface area contributed by atoms with E-state index < -0.39 is 12.0 Å². The normalized spacial score (nSPS) is 11.9. The number of thioether (sulfide) groups is 1. The zero-order chi connectivity index (χ0) is 22.6. The summed E-state index contributed by atoms with van der Waals surface area (Å²) in [4.78, 5) is 29.3. The van der Waals surface area contributed by atoms with E-state index in [0.717, 1.165) is 46.5 Å². The lowest BCUT2D eigenvalue weighted by Crippen LogP contribution is -2.43. The molecule has 0 spiro atoms. The van der Waals surface area contributed by atoms with Crippen molar-refractivity contribution in [2.24, 2.45) is 0 Å². The van der Waals surface area contributed by atoms with E-state index in [0.29, 0.717) is 19.4 Å². The van der Waals surface area contributed by atoms with Crippen molar-refractivity contribution in [2.75, 3.05) is 12.4 Å². The van der Waals surface area contributed by atoms with Crippen LogP contribution in [0.3, 0.4) is 0 Å². The molecule has 2 rings (SSSR count). The highest BCUT2D eigenvalue weighted by Gasteiger charge is 2.25. The highest BCUT2D eigenvalue weighted by Crippen LogP contribution is 2.23. The summed E-state index contributed by atoms with van der Waals surface area (Å²) in [5, 5.41) is 4.48. The number of amides is 1. The number of carbonyl (C=O) groups excluding carboxylic acids is 2. The Hall–Kier alpha value is -1.99. The molecule has 1 aromatic heterocycles. The van der Waals surface area contributed by atoms with Crippen LogP contribution in [0.1, 0.15) is 51.3 Å². The van der Waals surface area contributed by atoms with Crippen LogP contribution in [0, 0.1) is 0 Å². The molecule has 1 atom stereocenters. The molecular formula is C23H32ClN3O3S. The zero-order valence-electron chi connectivity index (χ0n) is 18.5. The van der Waals surface area contributed by atoms with Crippen molar-refractivity contribution in [1.29, 1.82) is 0 Å². The van der Waals surface area contributed by atoms with Crippen LogP contribution >= 0.6 is 23.4 Å². The molecule has 1 N–H and O–H groups in total. The van der Waals surface area contributed by atoms with Crippen LogP contribution in [-0.2, 0) is 33.7 Å². The number of nitrogens with zero attached hydrogens (tertiary/aromatic N) is 2. The van der Waals surface area contributed by atoms with Crippen LogP contribution in [0.2, 0.25) is 5.02 Å². The van der Waals surface area contributed by atoms with Crippen molar-refractivity contribution in [2.45, 2.75) is 70.6 Å². The number of ether oxygens (including phenoxy) is 1. The van der Waals surface area contributed by atoms with Gasteiger partial charge in [0.15, 0.2) is 5.16 Å². The van der Waals surface area contributed by atoms with Gasteiger partial charge in [-0.3, -0.25) is 4.79 Å². The molecule has 0 saturated carbocycles. The Bertz CT molecular complexity index is 856. The van der Waals surface area contributed by atoms with Gasteiger partial charge in [0.2, 0.25) is 5.91 Å². The summed E-state index contributed by atoms with van der Waals surface area (Å²) in [6.45, 7) is 6.77. The third-order valence-electron chi connectivity index (χ3n) is 4.70. The van der Waals surface area contributed by atoms with Gasteiger partial charge >= 0.3 is 5.97 Å². The molecule has 0 saturated heterocycles. The molecule has 0 aliphatic heterocycles. The molecule has 1 aromatic carbocycles. The summed E-state index contributed by atoms with van der Waals surface area (Å²) in [7, 11) is 0. The molecular weight excluding hydrogens is 434 g/mol. The number of rotatable bonds is 13. The lowest BCUT2D eigenvalue weighted by Gasteiger charge is -2.19. The summed E-state index contributed by atoms with van der Waals surface area (Å²) < 4.78 is 7.33. The second kappa shape index (κ2) is 13.4. The smallest absolute Gasteiger partial charge is 0.329 e. The maximum Gasteiger partial charge on any atom is 0.329 e. The third kappa shape index (κ3) is 7.89. The Morgan fingerprint density at radius 3 is 2.68 bits per heavy atom. The van der Waals surface area contributed by atoms with Crippen LogP contribution in [0.15, 0.2) is 35.6 Å². The number of esters is 1. The lowest BCUT2D eigenvalue weighted by molar-refractivity contribution is -0.147. The van der Waals surface area contributed by atoms with Crippen LogP contribution in [0.25, 0.3) is 0 Å². The van der Waals surface area contributed by atoms with Crippen LogP contribution in [0.5, 0.6) is 0 Å². The Kier molecular flexibility index (Phi) is 10.9. The maximum absolute atomic E-state index is 12.5. The van der Waals surface area contributed by atoms with Gasteiger partial charge in [-0.2, -0.15) is 0 Å². The fraction of sp³-hybridized carbons (Fsp3) is 0.522. The first-order valence-corrected chi connectivity index (χ1v) is 12.2. The number of carbonyl (C=O) groups is 2. The molecule has 0 fully saturated rings. The van der Waals surface area contributed by atoms with E-state index >= 15 is 0 Å². The molecule has 2 aromatic rings. The average Bonchev–Trinajstić information content (AvgIpc) is 3.12. The first-order valence-electron chi connectivity index (χ1n) is 10.9. The van der Waals surface area contributed by atoms with Gasteiger partial charge in [0.25, 0.3) is 0 Å². The fourth-order valence-electron chi connectivity index (χ4n) is 3.17. The maximum atomic E-state index is 12.5. The topological polar surface area (TPSA) is 73.2 Å². The molecule has 8 heteroatoms. The lowest BCUT2D eigenvalue weighted by atomic mass is 10.1. The largest absolute Gasteiger partial charge is 0.464 e. The van der Waals surface area contributed by atoms with E-state index in [-0.39, 0.29) is 12.5 Å². The van der Waals surface area contributed by atoms with E-state index in [1.807, 2.05) is 31.2 Å². The number of halogens is 1. The van der Waals surface area contributed by atoms with Crippen molar-refractivity contribution in [3.63, 3.8) is 0 Å². The quantitative estimate of drug-likeness (QED) is 0.343. The zero-order valence-corrected chi connectivity index (χ0v) is 20.1. The van der Waals surface area contributed by atoms with Gasteiger partial charge in [-0.05, 0) is 37.8 Å². The molecule has 0 aliphatic carbocycles. The number of hydrogen-bond acceptors (Lipinski definition) is 5. The van der Waals surface area contributed by atoms with Gasteiger partial charge in [-0.15, -0.1) is 0 Å². The average molecular weight is 466 g/mol. The predicted octanol–water partition coefficient (Wildman–Crippen LogP) is 4.67. The fourth-order valence-corrected chi connectivity index (χ4v) is 4.28. The van der Waals surface area contributed by atoms with Crippen molar-refractivity contribution < 1.29 is 14.3 Å². The first-order chi connectivity index (χ1) is 15.0. The second-order valence-electron chi connectivity index (χ2n) is 7.20. The van der Waals surface area contributed by atoms with E-state index in [4.69, 9.17) is 16.3 Å². The van der Waals surface area contributed by atoms with E-state index in [9.17, 15) is 9.59 Å². The Balaban J connectivity index is 2.25. The number of benzene rings is 1. The number of aromatic nitrogens is 2. The number of aryl methyl sites for hydroxylation is 1. The Morgan fingerprint density at radius 2 is 2.00 bits per heavy atom. The SMILES string of the molecule is CCCSc1ncc(C[C@H](NC(=O)CCC)C(=O)OCC)n1CCc1ccccc1Cl. The molecule has 0 radical (unpaired) electrons. The minimum atomic E-state index is -0.737. The van der Waals surface area contributed by atoms with Crippen molar-refractivity contribution in [3.05, 3.63) is 46.7 Å². The van der Waals surface area contributed by atoms with Gasteiger partial charge in [0.05, 0.1) is 6.61 Å². The molecule has 0 unspecified atom stereocenters. The standard InChI is InChI=1S/C23H32ClN3O3S/c1-4-9-21(28)26-20(22(29)30-6-3)15-18-16-25-23(31-14-5-2)27(18)13-12-17-10-7-8-11-19(17)24/h7-8,10-11,16,20H,4-6,9,12-15H2,1-3H3,(H,26,28)/t20-/m0/s1.